The van der Waals surface area contributed by atoms with Gasteiger partial charge in [0.1, 0.15) is 23.2 Å². The summed E-state index contributed by atoms with van der Waals surface area (Å²) in [6.45, 7) is 0.447. The number of ether oxygens (including phenoxy) is 1. The SMILES string of the molecule is Clc1ccc(OCc2nc(CSc3nnc(C4CC4)n3-c3ccccc3)cs2)cc1. The minimum atomic E-state index is 0.447. The van der Waals surface area contributed by atoms with Crippen molar-refractivity contribution in [1.82, 2.24) is 19.7 Å². The van der Waals surface area contributed by atoms with Crippen LogP contribution in [0.25, 0.3) is 5.69 Å². The van der Waals surface area contributed by atoms with E-state index in [9.17, 15) is 0 Å². The lowest BCUT2D eigenvalue weighted by Gasteiger charge is -2.09. The Morgan fingerprint density at radius 2 is 1.87 bits per heavy atom. The van der Waals surface area contributed by atoms with Gasteiger partial charge in [-0.15, -0.1) is 21.5 Å². The molecule has 4 aromatic rings. The maximum absolute atomic E-state index is 5.91. The molecule has 30 heavy (non-hydrogen) atoms. The number of hydrogen-bond donors (Lipinski definition) is 0. The van der Waals surface area contributed by atoms with Gasteiger partial charge in [0, 0.05) is 27.8 Å². The minimum Gasteiger partial charge on any atom is -0.486 e. The second-order valence-electron chi connectivity index (χ2n) is 7.05. The molecule has 5 nitrogen and oxygen atoms in total. The van der Waals surface area contributed by atoms with Crippen LogP contribution < -0.4 is 4.74 Å². The second-order valence-corrected chi connectivity index (χ2v) is 9.37. The highest BCUT2D eigenvalue weighted by Crippen LogP contribution is 2.41. The van der Waals surface area contributed by atoms with Crippen molar-refractivity contribution >= 4 is 34.7 Å². The molecule has 0 unspecified atom stereocenters. The normalized spacial score (nSPS) is 13.5. The number of thioether (sulfide) groups is 1. The van der Waals surface area contributed by atoms with E-state index in [1.807, 2.05) is 42.5 Å². The van der Waals surface area contributed by atoms with Gasteiger partial charge < -0.3 is 4.74 Å². The second kappa shape index (κ2) is 8.79. The minimum absolute atomic E-state index is 0.447. The summed E-state index contributed by atoms with van der Waals surface area (Å²) in [5.41, 5.74) is 2.14. The molecule has 0 spiro atoms. The Hall–Kier alpha value is -2.35. The predicted octanol–water partition coefficient (Wildman–Crippen LogP) is 6.13. The first-order valence-corrected chi connectivity index (χ1v) is 12.0. The zero-order valence-corrected chi connectivity index (χ0v) is 18.5. The summed E-state index contributed by atoms with van der Waals surface area (Å²) in [6.07, 6.45) is 2.39. The molecule has 1 saturated carbocycles. The highest BCUT2D eigenvalue weighted by Gasteiger charge is 2.31. The fourth-order valence-electron chi connectivity index (χ4n) is 3.10. The monoisotopic (exact) mass is 454 g/mol. The Balaban J connectivity index is 1.25. The maximum atomic E-state index is 5.91. The highest BCUT2D eigenvalue weighted by molar-refractivity contribution is 7.98. The van der Waals surface area contributed by atoms with Gasteiger partial charge in [0.2, 0.25) is 0 Å². The van der Waals surface area contributed by atoms with E-state index in [0.717, 1.165) is 38.9 Å². The van der Waals surface area contributed by atoms with E-state index in [4.69, 9.17) is 21.3 Å². The Morgan fingerprint density at radius 3 is 2.63 bits per heavy atom. The zero-order chi connectivity index (χ0) is 20.3. The molecule has 1 fully saturated rings. The molecule has 2 heterocycles. The van der Waals surface area contributed by atoms with Crippen LogP contribution in [0, 0.1) is 0 Å². The molecule has 5 rings (SSSR count). The quantitative estimate of drug-likeness (QED) is 0.300. The molecule has 0 N–H and O–H groups in total. The van der Waals surface area contributed by atoms with E-state index >= 15 is 0 Å². The number of halogens is 1. The first-order valence-electron chi connectivity index (χ1n) is 9.71. The topological polar surface area (TPSA) is 52.8 Å². The molecule has 0 atom stereocenters. The van der Waals surface area contributed by atoms with Crippen molar-refractivity contribution in [2.45, 2.75) is 36.3 Å². The lowest BCUT2D eigenvalue weighted by atomic mass is 10.3. The highest BCUT2D eigenvalue weighted by atomic mass is 35.5. The van der Waals surface area contributed by atoms with Crippen molar-refractivity contribution in [1.29, 1.82) is 0 Å². The van der Waals surface area contributed by atoms with E-state index in [-0.39, 0.29) is 0 Å². The average molecular weight is 455 g/mol. The summed E-state index contributed by atoms with van der Waals surface area (Å²) >= 11 is 9.19. The summed E-state index contributed by atoms with van der Waals surface area (Å²) in [5.74, 6) is 3.13. The molecular formula is C22H19ClN4OS2. The van der Waals surface area contributed by atoms with Crippen LogP contribution in [0.2, 0.25) is 5.02 Å². The van der Waals surface area contributed by atoms with Crippen molar-refractivity contribution in [3.63, 3.8) is 0 Å². The van der Waals surface area contributed by atoms with Crippen LogP contribution in [0.4, 0.5) is 0 Å². The summed E-state index contributed by atoms with van der Waals surface area (Å²) in [7, 11) is 0. The van der Waals surface area contributed by atoms with Crippen molar-refractivity contribution in [2.24, 2.45) is 0 Å². The Labute approximate surface area is 188 Å². The van der Waals surface area contributed by atoms with Crippen LogP contribution in [0.15, 0.2) is 65.1 Å². The third-order valence-electron chi connectivity index (χ3n) is 4.74. The van der Waals surface area contributed by atoms with Crippen molar-refractivity contribution in [3.05, 3.63) is 81.5 Å². The van der Waals surface area contributed by atoms with Gasteiger partial charge in [-0.05, 0) is 49.2 Å². The fourth-order valence-corrected chi connectivity index (χ4v) is 4.88. The number of rotatable bonds is 8. The summed E-state index contributed by atoms with van der Waals surface area (Å²) in [6, 6.07) is 17.7. The molecule has 2 aromatic heterocycles. The molecule has 0 amide bonds. The first-order chi connectivity index (χ1) is 14.8. The summed E-state index contributed by atoms with van der Waals surface area (Å²) in [5, 5.41) is 13.6. The smallest absolute Gasteiger partial charge is 0.196 e. The number of nitrogens with zero attached hydrogens (tertiary/aromatic N) is 4. The van der Waals surface area contributed by atoms with Crippen LogP contribution in [0.5, 0.6) is 5.75 Å². The Kier molecular flexibility index (Phi) is 5.75. The molecule has 0 bridgehead atoms. The number of benzene rings is 2. The van der Waals surface area contributed by atoms with E-state index in [2.05, 4.69) is 32.3 Å². The molecule has 152 valence electrons. The third-order valence-corrected chi connectivity index (χ3v) is 6.83. The molecule has 0 saturated heterocycles. The van der Waals surface area contributed by atoms with Crippen LogP contribution in [0.1, 0.15) is 35.3 Å². The Morgan fingerprint density at radius 1 is 1.07 bits per heavy atom. The van der Waals surface area contributed by atoms with Gasteiger partial charge in [0.25, 0.3) is 0 Å². The third kappa shape index (κ3) is 4.53. The van der Waals surface area contributed by atoms with Gasteiger partial charge in [-0.25, -0.2) is 4.98 Å². The predicted molar refractivity (Wildman–Crippen MR) is 121 cm³/mol. The zero-order valence-electron chi connectivity index (χ0n) is 16.1. The standard InChI is InChI=1S/C22H19ClN4OS2/c23-16-8-10-19(11-9-16)28-12-20-24-17(13-29-20)14-30-22-26-25-21(15-6-7-15)27(22)18-4-2-1-3-5-18/h1-5,8-11,13,15H,6-7,12,14H2. The molecule has 1 aliphatic carbocycles. The van der Waals surface area contributed by atoms with Crippen molar-refractivity contribution in [2.75, 3.05) is 0 Å². The van der Waals surface area contributed by atoms with Gasteiger partial charge in [0.05, 0.1) is 5.69 Å². The molecule has 2 aromatic carbocycles. The number of aromatic nitrogens is 4. The van der Waals surface area contributed by atoms with E-state index in [1.165, 1.54) is 12.8 Å². The molecule has 0 aliphatic heterocycles. The van der Waals surface area contributed by atoms with Gasteiger partial charge in [0.15, 0.2) is 5.16 Å². The average Bonchev–Trinajstić information content (AvgIpc) is 3.37. The summed E-state index contributed by atoms with van der Waals surface area (Å²) in [4.78, 5) is 4.70. The summed E-state index contributed by atoms with van der Waals surface area (Å²) < 4.78 is 7.99. The molecule has 8 heteroatoms. The van der Waals surface area contributed by atoms with Crippen LogP contribution in [-0.4, -0.2) is 19.7 Å². The molecule has 0 radical (unpaired) electrons. The lowest BCUT2D eigenvalue weighted by Crippen LogP contribution is -2.01. The van der Waals surface area contributed by atoms with Crippen LogP contribution in [0.3, 0.4) is 0 Å². The van der Waals surface area contributed by atoms with Gasteiger partial charge in [-0.2, -0.15) is 0 Å². The van der Waals surface area contributed by atoms with E-state index in [1.54, 1.807) is 23.1 Å². The first kappa shape index (κ1) is 19.6. The number of para-hydroxylation sites is 1. The number of hydrogen-bond acceptors (Lipinski definition) is 6. The van der Waals surface area contributed by atoms with Gasteiger partial charge >= 0.3 is 0 Å². The molecular weight excluding hydrogens is 436 g/mol. The largest absolute Gasteiger partial charge is 0.486 e. The number of thiazole rings is 1. The fraction of sp³-hybridized carbons (Fsp3) is 0.227. The van der Waals surface area contributed by atoms with Crippen LogP contribution >= 0.6 is 34.7 Å². The maximum Gasteiger partial charge on any atom is 0.196 e. The van der Waals surface area contributed by atoms with Crippen molar-refractivity contribution in [3.8, 4) is 11.4 Å². The van der Waals surface area contributed by atoms with E-state index < -0.39 is 0 Å². The molecule has 1 aliphatic rings. The van der Waals surface area contributed by atoms with Gasteiger partial charge in [-0.1, -0.05) is 41.6 Å². The van der Waals surface area contributed by atoms with Crippen molar-refractivity contribution < 1.29 is 4.74 Å². The lowest BCUT2D eigenvalue weighted by molar-refractivity contribution is 0.305. The Bertz CT molecular complexity index is 1120. The van der Waals surface area contributed by atoms with Gasteiger partial charge in [-0.3, -0.25) is 4.57 Å². The van der Waals surface area contributed by atoms with Crippen LogP contribution in [-0.2, 0) is 12.4 Å². The van der Waals surface area contributed by atoms with E-state index in [0.29, 0.717) is 17.5 Å².